The first-order chi connectivity index (χ1) is 14.3. The average molecular weight is 453 g/mol. The van der Waals surface area contributed by atoms with E-state index in [4.69, 9.17) is 0 Å². The topological polar surface area (TPSA) is 116 Å². The van der Waals surface area contributed by atoms with Gasteiger partial charge < -0.3 is 15.5 Å². The molecule has 3 heterocycles. The number of hydrogen-bond acceptors (Lipinski definition) is 8. The third-order valence-corrected chi connectivity index (χ3v) is 7.67. The van der Waals surface area contributed by atoms with Gasteiger partial charge in [0.2, 0.25) is 21.9 Å². The number of aryl methyl sites for hydroxylation is 1. The summed E-state index contributed by atoms with van der Waals surface area (Å²) < 4.78 is 27.7. The molecule has 0 atom stereocenters. The molecule has 1 aliphatic heterocycles. The number of piperidine rings is 1. The van der Waals surface area contributed by atoms with Crippen molar-refractivity contribution in [2.24, 2.45) is 0 Å². The molecule has 2 aromatic heterocycles. The normalized spacial score (nSPS) is 14.5. The Balaban J connectivity index is 1.51. The molecule has 0 aliphatic carbocycles. The second kappa shape index (κ2) is 10.2. The van der Waals surface area contributed by atoms with Gasteiger partial charge in [-0.1, -0.05) is 0 Å². The molecule has 1 amide bonds. The fraction of sp³-hybridized carbons (Fsp3) is 0.526. The second-order valence-corrected chi connectivity index (χ2v) is 10.4. The summed E-state index contributed by atoms with van der Waals surface area (Å²) in [4.78, 5) is 23.0. The van der Waals surface area contributed by atoms with Crippen LogP contribution < -0.4 is 20.3 Å². The van der Waals surface area contributed by atoms with E-state index in [1.165, 1.54) is 26.2 Å². The molecule has 0 bridgehead atoms. The maximum atomic E-state index is 12.5. The fourth-order valence-corrected chi connectivity index (χ4v) is 5.53. The van der Waals surface area contributed by atoms with Crippen molar-refractivity contribution in [2.45, 2.75) is 43.9 Å². The minimum atomic E-state index is -3.60. The molecular weight excluding hydrogens is 424 g/mol. The molecule has 0 aromatic carbocycles. The quantitative estimate of drug-likeness (QED) is 0.497. The van der Waals surface area contributed by atoms with E-state index in [0.29, 0.717) is 19.0 Å². The molecule has 30 heavy (non-hydrogen) atoms. The minimum Gasteiger partial charge on any atom is -0.356 e. The lowest BCUT2D eigenvalue weighted by Crippen LogP contribution is -2.31. The van der Waals surface area contributed by atoms with Gasteiger partial charge in [-0.05, 0) is 38.3 Å². The largest absolute Gasteiger partial charge is 0.356 e. The van der Waals surface area contributed by atoms with Gasteiger partial charge in [-0.25, -0.2) is 18.1 Å². The van der Waals surface area contributed by atoms with E-state index in [0.717, 1.165) is 40.8 Å². The van der Waals surface area contributed by atoms with Crippen LogP contribution in [0.15, 0.2) is 22.4 Å². The lowest BCUT2D eigenvalue weighted by atomic mass is 10.1. The number of anilines is 2. The summed E-state index contributed by atoms with van der Waals surface area (Å²) >= 11 is 1.14. The van der Waals surface area contributed by atoms with Crippen molar-refractivity contribution < 1.29 is 13.2 Å². The Morgan fingerprint density at radius 2 is 1.93 bits per heavy atom. The van der Waals surface area contributed by atoms with E-state index in [2.05, 4.69) is 30.2 Å². The lowest BCUT2D eigenvalue weighted by Gasteiger charge is -2.28. The highest BCUT2D eigenvalue weighted by Crippen LogP contribution is 2.21. The number of carbonyl (C=O) groups is 1. The van der Waals surface area contributed by atoms with Crippen molar-refractivity contribution >= 4 is 39.0 Å². The number of aromatic nitrogens is 2. The molecule has 0 spiro atoms. The van der Waals surface area contributed by atoms with Crippen molar-refractivity contribution in [3.63, 3.8) is 0 Å². The Kier molecular flexibility index (Phi) is 7.62. The number of rotatable bonds is 9. The Morgan fingerprint density at radius 1 is 1.17 bits per heavy atom. The monoisotopic (exact) mass is 452 g/mol. The Bertz CT molecular complexity index is 970. The molecule has 0 radical (unpaired) electrons. The summed E-state index contributed by atoms with van der Waals surface area (Å²) in [6.45, 7) is 6.25. The molecule has 3 N–H and O–H groups in total. The van der Waals surface area contributed by atoms with Crippen molar-refractivity contribution in [1.82, 2.24) is 20.0 Å². The van der Waals surface area contributed by atoms with Crippen molar-refractivity contribution in [3.05, 3.63) is 28.8 Å². The highest BCUT2D eigenvalue weighted by atomic mass is 32.2. The van der Waals surface area contributed by atoms with Gasteiger partial charge in [0.1, 0.15) is 10.0 Å². The maximum absolute atomic E-state index is 12.5. The predicted octanol–water partition coefficient (Wildman–Crippen LogP) is 1.86. The van der Waals surface area contributed by atoms with Gasteiger partial charge in [0.05, 0.1) is 6.54 Å². The highest BCUT2D eigenvalue weighted by molar-refractivity contribution is 7.91. The van der Waals surface area contributed by atoms with E-state index in [-0.39, 0.29) is 16.7 Å². The van der Waals surface area contributed by atoms with Crippen molar-refractivity contribution in [3.8, 4) is 0 Å². The number of nitrogens with zero attached hydrogens (tertiary/aromatic N) is 3. The zero-order chi connectivity index (χ0) is 21.6. The van der Waals surface area contributed by atoms with Crippen LogP contribution >= 0.6 is 11.3 Å². The molecule has 0 saturated carbocycles. The molecule has 1 fully saturated rings. The maximum Gasteiger partial charge on any atom is 0.250 e. The van der Waals surface area contributed by atoms with Gasteiger partial charge >= 0.3 is 0 Å². The van der Waals surface area contributed by atoms with E-state index in [1.807, 2.05) is 13.0 Å². The summed E-state index contributed by atoms with van der Waals surface area (Å²) in [6, 6.07) is 5.23. The number of nitrogens with one attached hydrogen (secondary N) is 3. The average Bonchev–Trinajstić information content (AvgIpc) is 3.20. The fourth-order valence-electron chi connectivity index (χ4n) is 3.16. The predicted molar refractivity (Wildman–Crippen MR) is 118 cm³/mol. The van der Waals surface area contributed by atoms with Crippen LogP contribution in [0.1, 0.15) is 36.8 Å². The molecule has 2 aromatic rings. The molecule has 9 nitrogen and oxygen atoms in total. The van der Waals surface area contributed by atoms with Gasteiger partial charge in [0.25, 0.3) is 0 Å². The molecule has 164 valence electrons. The Hall–Kier alpha value is -2.24. The SMILES string of the molecule is CC(=O)NCc1ccc(S(=O)(=O)NCCNc2nc(C)cc(N3CCCCC3)n2)s1. The van der Waals surface area contributed by atoms with Gasteiger partial charge in [0.15, 0.2) is 0 Å². The first-order valence-corrected chi connectivity index (χ1v) is 12.3. The van der Waals surface area contributed by atoms with Crippen LogP contribution in [-0.4, -0.2) is 50.5 Å². The third kappa shape index (κ3) is 6.38. The Labute approximate surface area is 181 Å². The minimum absolute atomic E-state index is 0.154. The van der Waals surface area contributed by atoms with Crippen LogP contribution in [0.3, 0.4) is 0 Å². The number of thiophene rings is 1. The van der Waals surface area contributed by atoms with Crippen LogP contribution in [0.25, 0.3) is 0 Å². The smallest absolute Gasteiger partial charge is 0.250 e. The van der Waals surface area contributed by atoms with Crippen molar-refractivity contribution in [1.29, 1.82) is 0 Å². The molecule has 11 heteroatoms. The number of carbonyl (C=O) groups excluding carboxylic acids is 1. The highest BCUT2D eigenvalue weighted by Gasteiger charge is 2.17. The summed E-state index contributed by atoms with van der Waals surface area (Å²) in [6.07, 6.45) is 3.59. The molecule has 3 rings (SSSR count). The summed E-state index contributed by atoms with van der Waals surface area (Å²) in [5, 5.41) is 5.77. The molecule has 0 unspecified atom stereocenters. The Morgan fingerprint density at radius 3 is 2.67 bits per heavy atom. The summed E-state index contributed by atoms with van der Waals surface area (Å²) in [7, 11) is -3.60. The zero-order valence-electron chi connectivity index (χ0n) is 17.3. The number of amides is 1. The van der Waals surface area contributed by atoms with E-state index in [9.17, 15) is 13.2 Å². The standard InChI is InChI=1S/C19H28N6O3S2/c1-14-12-17(25-10-4-3-5-11-25)24-19(23-14)20-8-9-22-30(27,28)18-7-6-16(29-18)13-21-15(2)26/h6-7,12,22H,3-5,8-11,13H2,1-2H3,(H,21,26)(H,20,23,24). The van der Waals surface area contributed by atoms with Gasteiger partial charge in [-0.3, -0.25) is 4.79 Å². The van der Waals surface area contributed by atoms with Crippen LogP contribution in [0.4, 0.5) is 11.8 Å². The van der Waals surface area contributed by atoms with Gasteiger partial charge in [-0.2, -0.15) is 4.98 Å². The first-order valence-electron chi connectivity index (χ1n) is 10.0. The van der Waals surface area contributed by atoms with E-state index < -0.39 is 10.0 Å². The van der Waals surface area contributed by atoms with Crippen molar-refractivity contribution in [2.75, 3.05) is 36.4 Å². The lowest BCUT2D eigenvalue weighted by molar-refractivity contribution is -0.119. The number of hydrogen-bond donors (Lipinski definition) is 3. The zero-order valence-corrected chi connectivity index (χ0v) is 18.9. The summed E-state index contributed by atoms with van der Waals surface area (Å²) in [5.41, 5.74) is 0.874. The third-order valence-electron chi connectivity index (χ3n) is 4.63. The first kappa shape index (κ1) is 22.4. The summed E-state index contributed by atoms with van der Waals surface area (Å²) in [5.74, 6) is 1.26. The van der Waals surface area contributed by atoms with Crippen LogP contribution in [-0.2, 0) is 21.4 Å². The van der Waals surface area contributed by atoms with E-state index in [1.54, 1.807) is 12.1 Å². The van der Waals surface area contributed by atoms with Crippen LogP contribution in [0.5, 0.6) is 0 Å². The second-order valence-electron chi connectivity index (χ2n) is 7.19. The molecule has 1 saturated heterocycles. The van der Waals surface area contributed by atoms with Crippen LogP contribution in [0.2, 0.25) is 0 Å². The van der Waals surface area contributed by atoms with E-state index >= 15 is 0 Å². The van der Waals surface area contributed by atoms with Gasteiger partial charge in [-0.15, -0.1) is 11.3 Å². The number of sulfonamides is 1. The van der Waals surface area contributed by atoms with Crippen LogP contribution in [0, 0.1) is 6.92 Å². The molecular formula is C19H28N6O3S2. The van der Waals surface area contributed by atoms with Gasteiger partial charge in [0, 0.05) is 49.7 Å². The molecule has 1 aliphatic rings.